The van der Waals surface area contributed by atoms with E-state index in [0.29, 0.717) is 42.1 Å². The van der Waals surface area contributed by atoms with E-state index in [-0.39, 0.29) is 11.5 Å². The molecule has 4 heterocycles. The van der Waals surface area contributed by atoms with Crippen LogP contribution in [0.3, 0.4) is 0 Å². The van der Waals surface area contributed by atoms with Gasteiger partial charge in [-0.25, -0.2) is 0 Å². The van der Waals surface area contributed by atoms with Crippen LogP contribution >= 0.6 is 22.7 Å². The van der Waals surface area contributed by atoms with Gasteiger partial charge in [0.05, 0.1) is 41.6 Å². The number of aromatic nitrogens is 1. The van der Waals surface area contributed by atoms with Crippen LogP contribution in [0.2, 0.25) is 0 Å². The smallest absolute Gasteiger partial charge is 0.263 e. The highest BCUT2D eigenvalue weighted by atomic mass is 32.1. The number of hydrogen-bond donors (Lipinski definition) is 0. The third-order valence-corrected chi connectivity index (χ3v) is 7.77. The number of methoxy groups -OCH3 is 2. The van der Waals surface area contributed by atoms with Gasteiger partial charge in [0, 0.05) is 35.7 Å². The lowest BCUT2D eigenvalue weighted by Crippen LogP contribution is -2.33. The predicted octanol–water partition coefficient (Wildman–Crippen LogP) is 5.54. The normalized spacial score (nSPS) is 11.3. The van der Waals surface area contributed by atoms with Gasteiger partial charge in [-0.1, -0.05) is 24.3 Å². The first-order valence-electron chi connectivity index (χ1n) is 11.1. The molecule has 0 spiro atoms. The number of ether oxygens (including phenoxy) is 2. The van der Waals surface area contributed by atoms with Crippen LogP contribution < -0.4 is 10.3 Å². The van der Waals surface area contributed by atoms with Crippen molar-refractivity contribution in [1.29, 1.82) is 0 Å². The van der Waals surface area contributed by atoms with Gasteiger partial charge >= 0.3 is 0 Å². The summed E-state index contributed by atoms with van der Waals surface area (Å²) in [7, 11) is 3.21. The molecule has 0 bridgehead atoms. The van der Waals surface area contributed by atoms with Crippen molar-refractivity contribution >= 4 is 44.2 Å². The maximum absolute atomic E-state index is 13.8. The topological polar surface area (TPSA) is 60.2 Å². The van der Waals surface area contributed by atoms with Crippen molar-refractivity contribution in [3.05, 3.63) is 92.3 Å². The number of rotatable bonds is 8. The summed E-state index contributed by atoms with van der Waals surface area (Å²) in [6.45, 7) is 1.36. The van der Waals surface area contributed by atoms with Gasteiger partial charge in [-0.15, -0.1) is 22.7 Å². The number of carbonyl (C=O) groups excluding carboxylic acids is 1. The molecule has 1 amide bonds. The summed E-state index contributed by atoms with van der Waals surface area (Å²) in [5.74, 6) is 0.495. The van der Waals surface area contributed by atoms with E-state index in [1.807, 2.05) is 65.4 Å². The number of benzene rings is 1. The second kappa shape index (κ2) is 10.0. The number of para-hydroxylation sites is 1. The number of carbonyl (C=O) groups is 1. The molecule has 1 aromatic carbocycles. The number of hydrogen-bond acceptors (Lipinski definition) is 6. The monoisotopic (exact) mass is 504 g/mol. The molecule has 0 saturated carbocycles. The van der Waals surface area contributed by atoms with Crippen LogP contribution in [-0.4, -0.2) is 42.6 Å². The van der Waals surface area contributed by atoms with E-state index in [9.17, 15) is 9.59 Å². The lowest BCUT2D eigenvalue weighted by atomic mass is 10.0. The van der Waals surface area contributed by atoms with Crippen LogP contribution in [-0.2, 0) is 11.3 Å². The molecule has 178 valence electrons. The lowest BCUT2D eigenvalue weighted by molar-refractivity contribution is 0.0684. The van der Waals surface area contributed by atoms with Gasteiger partial charge in [-0.05, 0) is 41.1 Å². The van der Waals surface area contributed by atoms with Crippen LogP contribution in [0.4, 0.5) is 0 Å². The minimum absolute atomic E-state index is 0.129. The minimum Gasteiger partial charge on any atom is -0.496 e. The number of nitrogens with zero attached hydrogens (tertiary/aromatic N) is 2. The number of amides is 1. The van der Waals surface area contributed by atoms with Gasteiger partial charge in [0.2, 0.25) is 0 Å². The standard InChI is InChI=1S/C27H24N2O4S2/c1-32-13-12-28(16-18-6-5-14-34-18)26(30)22-17-29-23(25-20(22)11-15-35-25)10-9-21(27(29)31)19-7-3-4-8-24(19)33-2/h3-11,14-15,17H,12-13,16H2,1-2H3. The van der Waals surface area contributed by atoms with E-state index in [4.69, 9.17) is 9.47 Å². The molecule has 35 heavy (non-hydrogen) atoms. The molecule has 5 rings (SSSR count). The molecule has 0 unspecified atom stereocenters. The third-order valence-electron chi connectivity index (χ3n) is 5.97. The summed E-state index contributed by atoms with van der Waals surface area (Å²) in [5, 5.41) is 4.80. The summed E-state index contributed by atoms with van der Waals surface area (Å²) in [6, 6.07) is 17.2. The first-order valence-corrected chi connectivity index (χ1v) is 12.9. The highest BCUT2D eigenvalue weighted by molar-refractivity contribution is 7.18. The SMILES string of the molecule is COCCN(Cc1cccs1)C(=O)c1cn2c(=O)c(-c3ccccc3OC)ccc2c2sccc12. The molecule has 0 fully saturated rings. The highest BCUT2D eigenvalue weighted by Crippen LogP contribution is 2.32. The zero-order valence-electron chi connectivity index (χ0n) is 19.4. The summed E-state index contributed by atoms with van der Waals surface area (Å²) < 4.78 is 13.3. The fourth-order valence-corrected chi connectivity index (χ4v) is 5.89. The molecule has 0 aliphatic carbocycles. The maximum atomic E-state index is 13.8. The van der Waals surface area contributed by atoms with Crippen molar-refractivity contribution in [2.24, 2.45) is 0 Å². The molecule has 0 aliphatic heterocycles. The van der Waals surface area contributed by atoms with E-state index in [1.165, 1.54) is 11.3 Å². The third kappa shape index (κ3) is 4.36. The average molecular weight is 505 g/mol. The van der Waals surface area contributed by atoms with E-state index in [2.05, 4.69) is 0 Å². The summed E-state index contributed by atoms with van der Waals surface area (Å²) >= 11 is 3.13. The van der Waals surface area contributed by atoms with E-state index >= 15 is 0 Å². The Labute approximate surface area is 210 Å². The van der Waals surface area contributed by atoms with E-state index in [1.54, 1.807) is 41.1 Å². The second-order valence-corrected chi connectivity index (χ2v) is 9.96. The fraction of sp³-hybridized carbons (Fsp3) is 0.185. The first-order chi connectivity index (χ1) is 17.1. The van der Waals surface area contributed by atoms with Crippen molar-refractivity contribution in [2.45, 2.75) is 6.54 Å². The predicted molar refractivity (Wildman–Crippen MR) is 142 cm³/mol. The van der Waals surface area contributed by atoms with E-state index in [0.717, 1.165) is 20.5 Å². The van der Waals surface area contributed by atoms with Gasteiger partial charge in [0.25, 0.3) is 11.5 Å². The number of thiophene rings is 2. The zero-order valence-corrected chi connectivity index (χ0v) is 21.0. The van der Waals surface area contributed by atoms with Gasteiger partial charge < -0.3 is 14.4 Å². The molecule has 0 atom stereocenters. The first kappa shape index (κ1) is 23.3. The lowest BCUT2D eigenvalue weighted by Gasteiger charge is -2.23. The Bertz CT molecular complexity index is 1550. The number of fused-ring (bicyclic) bond motifs is 3. The molecule has 0 radical (unpaired) electrons. The molecule has 5 aromatic rings. The van der Waals surface area contributed by atoms with Crippen molar-refractivity contribution in [3.8, 4) is 16.9 Å². The van der Waals surface area contributed by atoms with Crippen LogP contribution in [0.25, 0.3) is 26.7 Å². The Balaban J connectivity index is 1.67. The van der Waals surface area contributed by atoms with Gasteiger partial charge in [-0.3, -0.25) is 14.0 Å². The molecule has 4 aromatic heterocycles. The Morgan fingerprint density at radius 2 is 1.83 bits per heavy atom. The number of pyridine rings is 2. The van der Waals surface area contributed by atoms with Crippen LogP contribution in [0.5, 0.6) is 5.75 Å². The van der Waals surface area contributed by atoms with Crippen LogP contribution in [0.1, 0.15) is 15.2 Å². The summed E-state index contributed by atoms with van der Waals surface area (Å²) in [5.41, 5.74) is 2.31. The summed E-state index contributed by atoms with van der Waals surface area (Å²) in [4.78, 5) is 30.4. The molecular formula is C27H24N2O4S2. The Kier molecular flexibility index (Phi) is 6.68. The Morgan fingerprint density at radius 3 is 2.60 bits per heavy atom. The summed E-state index contributed by atoms with van der Waals surface area (Å²) in [6.07, 6.45) is 1.68. The van der Waals surface area contributed by atoms with Crippen molar-refractivity contribution in [3.63, 3.8) is 0 Å². The van der Waals surface area contributed by atoms with Crippen LogP contribution in [0, 0.1) is 0 Å². The largest absolute Gasteiger partial charge is 0.496 e. The quantitative estimate of drug-likeness (QED) is 0.278. The van der Waals surface area contributed by atoms with Crippen molar-refractivity contribution in [1.82, 2.24) is 9.30 Å². The average Bonchev–Trinajstić information content (AvgIpc) is 3.58. The van der Waals surface area contributed by atoms with E-state index < -0.39 is 0 Å². The second-order valence-electron chi connectivity index (χ2n) is 8.01. The van der Waals surface area contributed by atoms with Gasteiger partial charge in [-0.2, -0.15) is 0 Å². The highest BCUT2D eigenvalue weighted by Gasteiger charge is 2.22. The Morgan fingerprint density at radius 1 is 0.971 bits per heavy atom. The maximum Gasteiger partial charge on any atom is 0.263 e. The molecular weight excluding hydrogens is 480 g/mol. The molecule has 0 aliphatic rings. The van der Waals surface area contributed by atoms with Crippen LogP contribution in [0.15, 0.2) is 76.3 Å². The Hall–Kier alpha value is -3.46. The molecule has 6 nitrogen and oxygen atoms in total. The molecule has 8 heteroatoms. The van der Waals surface area contributed by atoms with Crippen molar-refractivity contribution in [2.75, 3.05) is 27.4 Å². The molecule has 0 N–H and O–H groups in total. The van der Waals surface area contributed by atoms with Gasteiger partial charge in [0.15, 0.2) is 0 Å². The van der Waals surface area contributed by atoms with Gasteiger partial charge in [0.1, 0.15) is 5.75 Å². The molecule has 0 saturated heterocycles. The minimum atomic E-state index is -0.196. The zero-order chi connectivity index (χ0) is 24.4. The van der Waals surface area contributed by atoms with Crippen molar-refractivity contribution < 1.29 is 14.3 Å². The fourth-order valence-electron chi connectivity index (χ4n) is 4.24.